The maximum Gasteiger partial charge on any atom is 0.387 e. The van der Waals surface area contributed by atoms with Gasteiger partial charge < -0.3 is 9.72 Å². The minimum Gasteiger partial charge on any atom is -0.435 e. The maximum absolute atomic E-state index is 12.2. The van der Waals surface area contributed by atoms with Crippen LogP contribution in [-0.2, 0) is 0 Å². The number of benzene rings is 2. The third-order valence-electron chi connectivity index (χ3n) is 3.31. The number of hydrogen-bond acceptors (Lipinski definition) is 2. The normalized spacial score (nSPS) is 11.0. The first-order valence-electron chi connectivity index (χ1n) is 6.77. The predicted molar refractivity (Wildman–Crippen MR) is 93.0 cm³/mol. The van der Waals surface area contributed by atoms with Crippen molar-refractivity contribution < 1.29 is 13.5 Å². The van der Waals surface area contributed by atoms with Crippen LogP contribution in [-0.4, -0.2) is 16.2 Å². The van der Waals surface area contributed by atoms with E-state index < -0.39 is 6.61 Å². The number of halogens is 4. The molecule has 0 aliphatic heterocycles. The van der Waals surface area contributed by atoms with Gasteiger partial charge >= 0.3 is 6.61 Å². The molecule has 3 nitrogen and oxygen atoms in total. The third kappa shape index (κ3) is 3.45. The van der Waals surface area contributed by atoms with Crippen molar-refractivity contribution in [2.75, 3.05) is 0 Å². The highest BCUT2D eigenvalue weighted by Gasteiger charge is 2.11. The Morgan fingerprint density at radius 3 is 2.38 bits per heavy atom. The molecule has 0 spiro atoms. The summed E-state index contributed by atoms with van der Waals surface area (Å²) in [5, 5.41) is 0.878. The molecule has 1 N–H and O–H groups in total. The largest absolute Gasteiger partial charge is 0.435 e. The summed E-state index contributed by atoms with van der Waals surface area (Å²) in [7, 11) is 0. The van der Waals surface area contributed by atoms with Crippen molar-refractivity contribution in [2.24, 2.45) is 0 Å². The summed E-state index contributed by atoms with van der Waals surface area (Å²) in [6, 6.07) is 11.4. The molecule has 1 heterocycles. The van der Waals surface area contributed by atoms with Crippen LogP contribution in [0, 0.1) is 4.77 Å². The van der Waals surface area contributed by atoms with Crippen LogP contribution in [0.3, 0.4) is 0 Å². The molecule has 0 bridgehead atoms. The molecule has 0 saturated carbocycles. The van der Waals surface area contributed by atoms with Crippen LogP contribution in [0.4, 0.5) is 8.78 Å². The fourth-order valence-electron chi connectivity index (χ4n) is 2.27. The van der Waals surface area contributed by atoms with E-state index in [9.17, 15) is 8.78 Å². The Kier molecular flexibility index (Phi) is 4.89. The SMILES string of the molecule is FC(F)Oc1ccc(-n2c(-c3ccc(Cl)c(Cl)c3)c[nH]c2=S)cc1. The standard InChI is InChI=1S/C16H10Cl2F2N2OS/c17-12-6-1-9(7-13(12)18)14-8-21-16(24)22(14)10-2-4-11(5-3-10)23-15(19)20/h1-8,15H,(H,21,24). The van der Waals surface area contributed by atoms with E-state index in [4.69, 9.17) is 35.4 Å². The number of aromatic nitrogens is 2. The first-order valence-corrected chi connectivity index (χ1v) is 7.93. The van der Waals surface area contributed by atoms with Crippen molar-refractivity contribution in [3.63, 3.8) is 0 Å². The summed E-state index contributed by atoms with van der Waals surface area (Å²) in [5.41, 5.74) is 2.27. The Balaban J connectivity index is 2.04. The number of hydrogen-bond donors (Lipinski definition) is 1. The van der Waals surface area contributed by atoms with E-state index in [1.54, 1.807) is 35.0 Å². The Labute approximate surface area is 151 Å². The van der Waals surface area contributed by atoms with E-state index in [1.165, 1.54) is 12.1 Å². The molecule has 2 aromatic carbocycles. The van der Waals surface area contributed by atoms with Gasteiger partial charge in [0.1, 0.15) is 5.75 Å². The molecule has 8 heteroatoms. The van der Waals surface area contributed by atoms with E-state index in [1.807, 2.05) is 6.07 Å². The summed E-state index contributed by atoms with van der Waals surface area (Å²) in [6.45, 7) is -2.86. The molecule has 0 radical (unpaired) electrons. The summed E-state index contributed by atoms with van der Waals surface area (Å²) in [4.78, 5) is 2.97. The van der Waals surface area contributed by atoms with Crippen molar-refractivity contribution in [3.8, 4) is 22.7 Å². The van der Waals surface area contributed by atoms with Gasteiger partial charge in [-0.3, -0.25) is 4.57 Å². The molecule has 0 unspecified atom stereocenters. The number of ether oxygens (including phenoxy) is 1. The molecule has 0 saturated heterocycles. The molecule has 1 aromatic heterocycles. The van der Waals surface area contributed by atoms with Crippen molar-refractivity contribution in [3.05, 3.63) is 63.5 Å². The lowest BCUT2D eigenvalue weighted by atomic mass is 10.1. The zero-order chi connectivity index (χ0) is 17.3. The Bertz CT molecular complexity index is 923. The number of imidazole rings is 1. The van der Waals surface area contributed by atoms with Gasteiger partial charge in [0.2, 0.25) is 0 Å². The lowest BCUT2D eigenvalue weighted by Gasteiger charge is -2.10. The van der Waals surface area contributed by atoms with Crippen LogP contribution in [0.5, 0.6) is 5.75 Å². The Morgan fingerprint density at radius 1 is 1.04 bits per heavy atom. The smallest absolute Gasteiger partial charge is 0.387 e. The molecule has 0 atom stereocenters. The molecule has 0 amide bonds. The fraction of sp³-hybridized carbons (Fsp3) is 0.0625. The molecule has 24 heavy (non-hydrogen) atoms. The van der Waals surface area contributed by atoms with E-state index >= 15 is 0 Å². The molecule has 0 aliphatic carbocycles. The van der Waals surface area contributed by atoms with Crippen LogP contribution >= 0.6 is 35.4 Å². The zero-order valence-corrected chi connectivity index (χ0v) is 14.3. The van der Waals surface area contributed by atoms with Crippen molar-refractivity contribution in [1.82, 2.24) is 9.55 Å². The van der Waals surface area contributed by atoms with Crippen molar-refractivity contribution in [1.29, 1.82) is 0 Å². The summed E-state index contributed by atoms with van der Waals surface area (Å²) < 4.78 is 31.1. The highest BCUT2D eigenvalue weighted by molar-refractivity contribution is 7.71. The number of nitrogens with one attached hydrogen (secondary N) is 1. The van der Waals surface area contributed by atoms with Gasteiger partial charge in [-0.2, -0.15) is 8.78 Å². The fourth-order valence-corrected chi connectivity index (χ4v) is 2.83. The third-order valence-corrected chi connectivity index (χ3v) is 4.35. The maximum atomic E-state index is 12.2. The number of nitrogens with zero attached hydrogens (tertiary/aromatic N) is 1. The molecular weight excluding hydrogens is 377 g/mol. The first-order chi connectivity index (χ1) is 11.5. The van der Waals surface area contributed by atoms with Gasteiger partial charge in [-0.15, -0.1) is 0 Å². The lowest BCUT2D eigenvalue weighted by Crippen LogP contribution is -2.02. The summed E-state index contributed by atoms with van der Waals surface area (Å²) >= 11 is 17.3. The summed E-state index contributed by atoms with van der Waals surface area (Å²) in [5.74, 6) is 0.0758. The van der Waals surface area contributed by atoms with Crippen LogP contribution in [0.25, 0.3) is 16.9 Å². The van der Waals surface area contributed by atoms with E-state index in [0.29, 0.717) is 20.5 Å². The molecule has 0 fully saturated rings. The lowest BCUT2D eigenvalue weighted by molar-refractivity contribution is -0.0498. The second-order valence-electron chi connectivity index (χ2n) is 4.82. The minimum atomic E-state index is -2.86. The van der Waals surface area contributed by atoms with Gasteiger partial charge in [-0.1, -0.05) is 29.3 Å². The second kappa shape index (κ2) is 6.93. The monoisotopic (exact) mass is 386 g/mol. The number of alkyl halides is 2. The average Bonchev–Trinajstić information content (AvgIpc) is 2.92. The highest BCUT2D eigenvalue weighted by Crippen LogP contribution is 2.30. The molecule has 3 rings (SSSR count). The van der Waals surface area contributed by atoms with Crippen LogP contribution < -0.4 is 4.74 Å². The van der Waals surface area contributed by atoms with E-state index in [-0.39, 0.29) is 5.75 Å². The van der Waals surface area contributed by atoms with Crippen molar-refractivity contribution >= 4 is 35.4 Å². The van der Waals surface area contributed by atoms with E-state index in [2.05, 4.69) is 9.72 Å². The predicted octanol–water partition coefficient (Wildman–Crippen LogP) is 6.11. The zero-order valence-electron chi connectivity index (χ0n) is 12.0. The molecule has 0 aliphatic rings. The van der Waals surface area contributed by atoms with Gasteiger partial charge in [0.15, 0.2) is 4.77 Å². The van der Waals surface area contributed by atoms with Gasteiger partial charge in [-0.25, -0.2) is 0 Å². The van der Waals surface area contributed by atoms with Gasteiger partial charge in [0.05, 0.1) is 15.7 Å². The topological polar surface area (TPSA) is 29.9 Å². The highest BCUT2D eigenvalue weighted by atomic mass is 35.5. The second-order valence-corrected chi connectivity index (χ2v) is 6.02. The van der Waals surface area contributed by atoms with Gasteiger partial charge in [-0.05, 0) is 48.6 Å². The van der Waals surface area contributed by atoms with Crippen LogP contribution in [0.1, 0.15) is 0 Å². The minimum absolute atomic E-state index is 0.0758. The number of rotatable bonds is 4. The Hall–Kier alpha value is -1.89. The van der Waals surface area contributed by atoms with Gasteiger partial charge in [0, 0.05) is 17.4 Å². The van der Waals surface area contributed by atoms with Crippen molar-refractivity contribution in [2.45, 2.75) is 6.61 Å². The number of H-pyrrole nitrogens is 1. The molecule has 3 aromatic rings. The van der Waals surface area contributed by atoms with Crippen LogP contribution in [0.2, 0.25) is 10.0 Å². The number of aromatic amines is 1. The average molecular weight is 387 g/mol. The van der Waals surface area contributed by atoms with E-state index in [0.717, 1.165) is 11.3 Å². The summed E-state index contributed by atoms with van der Waals surface area (Å²) in [6.07, 6.45) is 1.74. The quantitative estimate of drug-likeness (QED) is 0.548. The van der Waals surface area contributed by atoms with Gasteiger partial charge in [0.25, 0.3) is 0 Å². The first kappa shape index (κ1) is 17.0. The Morgan fingerprint density at radius 2 is 1.75 bits per heavy atom. The molecule has 124 valence electrons. The van der Waals surface area contributed by atoms with Crippen LogP contribution in [0.15, 0.2) is 48.7 Å². The molecular formula is C16H10Cl2F2N2OS.